The SMILES string of the molecule is CC(C)(C)Oc1nc(Cl)nc(C(F)(F)F)c1N. The normalized spacial score (nSPS) is 12.6. The third kappa shape index (κ3) is 3.62. The summed E-state index contributed by atoms with van der Waals surface area (Å²) < 4.78 is 42.9. The van der Waals surface area contributed by atoms with Gasteiger partial charge in [0, 0.05) is 0 Å². The Bertz CT molecular complexity index is 429. The standard InChI is InChI=1S/C9H11ClF3N3O/c1-8(2,3)17-6-4(14)5(9(11,12)13)15-7(10)16-6/h14H2,1-3H3. The number of hydrogen-bond acceptors (Lipinski definition) is 4. The highest BCUT2D eigenvalue weighted by molar-refractivity contribution is 6.28. The smallest absolute Gasteiger partial charge is 0.435 e. The van der Waals surface area contributed by atoms with E-state index in [2.05, 4.69) is 9.97 Å². The molecular weight excluding hydrogens is 259 g/mol. The minimum absolute atomic E-state index is 0.371. The summed E-state index contributed by atoms with van der Waals surface area (Å²) in [6, 6.07) is 0. The molecule has 0 aliphatic carbocycles. The Kier molecular flexibility index (Phi) is 3.42. The molecule has 1 aromatic heterocycles. The first-order valence-corrected chi connectivity index (χ1v) is 4.98. The molecule has 0 unspecified atom stereocenters. The van der Waals surface area contributed by atoms with E-state index in [1.165, 1.54) is 0 Å². The highest BCUT2D eigenvalue weighted by Gasteiger charge is 2.37. The van der Waals surface area contributed by atoms with E-state index >= 15 is 0 Å². The van der Waals surface area contributed by atoms with Crippen LogP contribution in [-0.4, -0.2) is 15.6 Å². The molecule has 0 saturated heterocycles. The van der Waals surface area contributed by atoms with Crippen molar-refractivity contribution in [2.75, 3.05) is 5.73 Å². The first-order valence-electron chi connectivity index (χ1n) is 4.60. The van der Waals surface area contributed by atoms with Crippen molar-refractivity contribution in [1.29, 1.82) is 0 Å². The molecule has 0 spiro atoms. The molecule has 2 N–H and O–H groups in total. The number of ether oxygens (including phenoxy) is 1. The van der Waals surface area contributed by atoms with Crippen LogP contribution in [0.4, 0.5) is 18.9 Å². The molecule has 0 aliphatic heterocycles. The molecule has 1 heterocycles. The van der Waals surface area contributed by atoms with Gasteiger partial charge in [0.2, 0.25) is 11.2 Å². The van der Waals surface area contributed by atoms with E-state index in [-0.39, 0.29) is 5.88 Å². The van der Waals surface area contributed by atoms with Crippen LogP contribution >= 0.6 is 11.6 Å². The molecule has 0 aliphatic rings. The number of nitrogens with two attached hydrogens (primary N) is 1. The van der Waals surface area contributed by atoms with Gasteiger partial charge >= 0.3 is 6.18 Å². The van der Waals surface area contributed by atoms with E-state index in [9.17, 15) is 13.2 Å². The summed E-state index contributed by atoms with van der Waals surface area (Å²) >= 11 is 5.40. The van der Waals surface area contributed by atoms with Crippen molar-refractivity contribution >= 4 is 17.3 Å². The fourth-order valence-corrected chi connectivity index (χ4v) is 1.17. The van der Waals surface area contributed by atoms with Crippen LogP contribution in [-0.2, 0) is 6.18 Å². The van der Waals surface area contributed by atoms with Gasteiger partial charge in [0.15, 0.2) is 5.69 Å². The lowest BCUT2D eigenvalue weighted by atomic mass is 10.2. The largest absolute Gasteiger partial charge is 0.470 e. The van der Waals surface area contributed by atoms with Crippen molar-refractivity contribution < 1.29 is 17.9 Å². The van der Waals surface area contributed by atoms with Gasteiger partial charge in [0.25, 0.3) is 0 Å². The second kappa shape index (κ2) is 4.21. The van der Waals surface area contributed by atoms with Crippen LogP contribution in [0.1, 0.15) is 26.5 Å². The van der Waals surface area contributed by atoms with Gasteiger partial charge in [0.05, 0.1) is 0 Å². The number of nitrogen functional groups attached to an aromatic ring is 1. The third-order valence-corrected chi connectivity index (χ3v) is 1.72. The fourth-order valence-electron chi connectivity index (χ4n) is 1.01. The van der Waals surface area contributed by atoms with Crippen molar-refractivity contribution in [3.8, 4) is 5.88 Å². The van der Waals surface area contributed by atoms with E-state index < -0.39 is 28.4 Å². The van der Waals surface area contributed by atoms with E-state index in [1.807, 2.05) is 0 Å². The molecule has 0 aromatic carbocycles. The number of anilines is 1. The molecule has 1 rings (SSSR count). The molecule has 0 atom stereocenters. The predicted molar refractivity (Wildman–Crippen MR) is 56.8 cm³/mol. The minimum Gasteiger partial charge on any atom is -0.470 e. The first kappa shape index (κ1) is 13.8. The minimum atomic E-state index is -4.70. The number of halogens is 4. The lowest BCUT2D eigenvalue weighted by Gasteiger charge is -2.22. The molecule has 0 bridgehead atoms. The van der Waals surface area contributed by atoms with Crippen LogP contribution in [0.25, 0.3) is 0 Å². The van der Waals surface area contributed by atoms with Crippen molar-refractivity contribution in [3.05, 3.63) is 11.0 Å². The Labute approximate surface area is 101 Å². The van der Waals surface area contributed by atoms with Crippen LogP contribution in [0.15, 0.2) is 0 Å². The Morgan fingerprint density at radius 3 is 2.12 bits per heavy atom. The van der Waals surface area contributed by atoms with Gasteiger partial charge in [-0.15, -0.1) is 0 Å². The van der Waals surface area contributed by atoms with Crippen LogP contribution in [0.2, 0.25) is 5.28 Å². The lowest BCUT2D eigenvalue weighted by Crippen LogP contribution is -2.25. The maximum absolute atomic E-state index is 12.6. The number of aromatic nitrogens is 2. The van der Waals surface area contributed by atoms with Gasteiger partial charge in [-0.3, -0.25) is 0 Å². The molecule has 96 valence electrons. The lowest BCUT2D eigenvalue weighted by molar-refractivity contribution is -0.140. The molecule has 4 nitrogen and oxygen atoms in total. The molecule has 8 heteroatoms. The van der Waals surface area contributed by atoms with Crippen molar-refractivity contribution in [2.45, 2.75) is 32.5 Å². The topological polar surface area (TPSA) is 61.0 Å². The van der Waals surface area contributed by atoms with Gasteiger partial charge in [-0.25, -0.2) is 4.98 Å². The molecule has 0 saturated carbocycles. The Morgan fingerprint density at radius 1 is 1.18 bits per heavy atom. The number of alkyl halides is 3. The zero-order valence-electron chi connectivity index (χ0n) is 9.39. The van der Waals surface area contributed by atoms with Crippen LogP contribution in [0, 0.1) is 0 Å². The van der Waals surface area contributed by atoms with Crippen molar-refractivity contribution in [3.63, 3.8) is 0 Å². The third-order valence-electron chi connectivity index (χ3n) is 1.55. The van der Waals surface area contributed by atoms with Crippen molar-refractivity contribution in [2.24, 2.45) is 0 Å². The zero-order valence-corrected chi connectivity index (χ0v) is 10.1. The summed E-state index contributed by atoms with van der Waals surface area (Å²) in [5.74, 6) is -0.371. The summed E-state index contributed by atoms with van der Waals surface area (Å²) in [6.07, 6.45) is -4.70. The second-order valence-corrected chi connectivity index (χ2v) is 4.61. The molecule has 1 aromatic rings. The molecule has 0 fully saturated rings. The van der Waals surface area contributed by atoms with Crippen LogP contribution in [0.5, 0.6) is 5.88 Å². The number of nitrogens with zero attached hydrogens (tertiary/aromatic N) is 2. The summed E-state index contributed by atoms with van der Waals surface area (Å²) in [7, 11) is 0. The van der Waals surface area contributed by atoms with E-state index in [0.29, 0.717) is 0 Å². The predicted octanol–water partition coefficient (Wildman–Crippen LogP) is 2.91. The van der Waals surface area contributed by atoms with Crippen molar-refractivity contribution in [1.82, 2.24) is 9.97 Å². The van der Waals surface area contributed by atoms with Gasteiger partial charge in [-0.1, -0.05) is 0 Å². The average Bonchev–Trinajstić information content (AvgIpc) is 2.06. The van der Waals surface area contributed by atoms with E-state index in [4.69, 9.17) is 22.1 Å². The highest BCUT2D eigenvalue weighted by atomic mass is 35.5. The van der Waals surface area contributed by atoms with Gasteiger partial charge in [-0.2, -0.15) is 18.2 Å². The molecule has 0 amide bonds. The number of rotatable bonds is 1. The van der Waals surface area contributed by atoms with Gasteiger partial charge < -0.3 is 10.5 Å². The fraction of sp³-hybridized carbons (Fsp3) is 0.556. The first-order chi connectivity index (χ1) is 7.50. The van der Waals surface area contributed by atoms with Crippen LogP contribution < -0.4 is 10.5 Å². The van der Waals surface area contributed by atoms with E-state index in [0.717, 1.165) is 0 Å². The summed E-state index contributed by atoms with van der Waals surface area (Å²) in [4.78, 5) is 6.60. The summed E-state index contributed by atoms with van der Waals surface area (Å²) in [5.41, 5.74) is 2.61. The molecule has 17 heavy (non-hydrogen) atoms. The Morgan fingerprint density at radius 2 is 1.71 bits per heavy atom. The quantitative estimate of drug-likeness (QED) is 0.796. The Balaban J connectivity index is 3.29. The van der Waals surface area contributed by atoms with Crippen LogP contribution in [0.3, 0.4) is 0 Å². The Hall–Kier alpha value is -1.24. The summed E-state index contributed by atoms with van der Waals surface area (Å²) in [6.45, 7) is 4.95. The highest BCUT2D eigenvalue weighted by Crippen LogP contribution is 2.37. The second-order valence-electron chi connectivity index (χ2n) is 4.27. The molecular formula is C9H11ClF3N3O. The number of hydrogen-bond donors (Lipinski definition) is 1. The maximum atomic E-state index is 12.6. The monoisotopic (exact) mass is 269 g/mol. The average molecular weight is 270 g/mol. The maximum Gasteiger partial charge on any atom is 0.435 e. The van der Waals surface area contributed by atoms with Gasteiger partial charge in [0.1, 0.15) is 11.3 Å². The van der Waals surface area contributed by atoms with E-state index in [1.54, 1.807) is 20.8 Å². The summed E-state index contributed by atoms with van der Waals surface area (Å²) in [5, 5.41) is -0.564. The zero-order chi connectivity index (χ0) is 13.4. The van der Waals surface area contributed by atoms with Gasteiger partial charge in [-0.05, 0) is 32.4 Å². The molecule has 0 radical (unpaired) electrons.